The average molecular weight is 437 g/mol. The molecule has 0 unspecified atom stereocenters. The number of amides is 2. The minimum absolute atomic E-state index is 0.356. The lowest BCUT2D eigenvalue weighted by Gasteiger charge is -2.17. The number of urea groups is 1. The van der Waals surface area contributed by atoms with Crippen molar-refractivity contribution in [3.8, 4) is 17.2 Å². The summed E-state index contributed by atoms with van der Waals surface area (Å²) in [5, 5.41) is 5.63. The highest BCUT2D eigenvalue weighted by atomic mass is 79.9. The van der Waals surface area contributed by atoms with E-state index in [0.29, 0.717) is 48.4 Å². The monoisotopic (exact) mass is 436 g/mol. The van der Waals surface area contributed by atoms with Crippen LogP contribution in [0, 0.1) is 6.92 Å². The van der Waals surface area contributed by atoms with Crippen LogP contribution in [-0.2, 0) is 0 Å². The molecule has 0 aliphatic carbocycles. The van der Waals surface area contributed by atoms with Crippen LogP contribution >= 0.6 is 15.9 Å². The van der Waals surface area contributed by atoms with Gasteiger partial charge < -0.3 is 24.8 Å². The minimum atomic E-state index is -0.356. The second-order valence-corrected chi connectivity index (χ2v) is 6.50. The summed E-state index contributed by atoms with van der Waals surface area (Å²) in [4.78, 5) is 12.4. The molecule has 0 bridgehead atoms. The van der Waals surface area contributed by atoms with Gasteiger partial charge in [-0.3, -0.25) is 0 Å². The Bertz CT molecular complexity index is 769. The standard InChI is InChI=1S/C20H25BrN2O4/c1-5-25-17-11-15(12-18(26-6-2)19(17)27-7-3)23-20(24)22-14-8-9-16(21)13(4)10-14/h8-12H,5-7H2,1-4H3,(H2,22,23,24). The molecule has 0 aliphatic heterocycles. The number of carbonyl (C=O) groups is 1. The van der Waals surface area contributed by atoms with Crippen molar-refractivity contribution in [2.24, 2.45) is 0 Å². The lowest BCUT2D eigenvalue weighted by molar-refractivity contribution is 0.260. The number of aryl methyl sites for hydroxylation is 1. The topological polar surface area (TPSA) is 68.8 Å². The van der Waals surface area contributed by atoms with Crippen LogP contribution in [0.25, 0.3) is 0 Å². The van der Waals surface area contributed by atoms with E-state index in [2.05, 4.69) is 26.6 Å². The summed E-state index contributed by atoms with van der Waals surface area (Å²) in [5.41, 5.74) is 2.29. The average Bonchev–Trinajstić information content (AvgIpc) is 2.61. The van der Waals surface area contributed by atoms with E-state index in [1.54, 1.807) is 12.1 Å². The second kappa shape index (κ2) is 10.1. The van der Waals surface area contributed by atoms with Gasteiger partial charge in [0.1, 0.15) is 0 Å². The molecule has 0 aliphatic rings. The molecule has 2 aromatic carbocycles. The van der Waals surface area contributed by atoms with Gasteiger partial charge in [-0.2, -0.15) is 0 Å². The highest BCUT2D eigenvalue weighted by molar-refractivity contribution is 9.10. The van der Waals surface area contributed by atoms with Crippen LogP contribution in [0.4, 0.5) is 16.2 Å². The van der Waals surface area contributed by atoms with E-state index in [-0.39, 0.29) is 6.03 Å². The van der Waals surface area contributed by atoms with E-state index < -0.39 is 0 Å². The number of halogens is 1. The van der Waals surface area contributed by atoms with Gasteiger partial charge in [0.15, 0.2) is 11.5 Å². The molecular weight excluding hydrogens is 412 g/mol. The molecule has 0 saturated carbocycles. The summed E-state index contributed by atoms with van der Waals surface area (Å²) >= 11 is 3.45. The first-order chi connectivity index (χ1) is 13.0. The quantitative estimate of drug-likeness (QED) is 0.564. The largest absolute Gasteiger partial charge is 0.490 e. The molecule has 0 atom stereocenters. The highest BCUT2D eigenvalue weighted by Crippen LogP contribution is 2.40. The molecule has 0 saturated heterocycles. The van der Waals surface area contributed by atoms with Crippen molar-refractivity contribution in [3.05, 3.63) is 40.4 Å². The molecule has 7 heteroatoms. The summed E-state index contributed by atoms with van der Waals surface area (Å²) < 4.78 is 18.0. The molecule has 2 N–H and O–H groups in total. The Kier molecular flexibility index (Phi) is 7.79. The van der Waals surface area contributed by atoms with Crippen molar-refractivity contribution < 1.29 is 19.0 Å². The van der Waals surface area contributed by atoms with Gasteiger partial charge in [-0.25, -0.2) is 4.79 Å². The van der Waals surface area contributed by atoms with Gasteiger partial charge in [-0.1, -0.05) is 15.9 Å². The van der Waals surface area contributed by atoms with Crippen molar-refractivity contribution in [1.82, 2.24) is 0 Å². The maximum atomic E-state index is 12.4. The summed E-state index contributed by atoms with van der Waals surface area (Å²) in [6.07, 6.45) is 0. The fraction of sp³-hybridized carbons (Fsp3) is 0.350. The van der Waals surface area contributed by atoms with Crippen molar-refractivity contribution in [1.29, 1.82) is 0 Å². The minimum Gasteiger partial charge on any atom is -0.490 e. The number of nitrogens with one attached hydrogen (secondary N) is 2. The molecule has 27 heavy (non-hydrogen) atoms. The summed E-state index contributed by atoms with van der Waals surface area (Å²) in [6, 6.07) is 8.70. The van der Waals surface area contributed by atoms with Crippen LogP contribution < -0.4 is 24.8 Å². The molecule has 146 valence electrons. The van der Waals surface area contributed by atoms with E-state index in [1.807, 2.05) is 45.9 Å². The fourth-order valence-electron chi connectivity index (χ4n) is 2.48. The van der Waals surface area contributed by atoms with Crippen molar-refractivity contribution in [2.75, 3.05) is 30.5 Å². The Morgan fingerprint density at radius 1 is 0.889 bits per heavy atom. The number of rotatable bonds is 8. The zero-order chi connectivity index (χ0) is 19.8. The first kappa shape index (κ1) is 20.9. The molecule has 2 amide bonds. The van der Waals surface area contributed by atoms with E-state index in [1.165, 1.54) is 0 Å². The lowest BCUT2D eigenvalue weighted by atomic mass is 10.2. The van der Waals surface area contributed by atoms with Gasteiger partial charge in [0.2, 0.25) is 5.75 Å². The normalized spacial score (nSPS) is 10.3. The molecule has 6 nitrogen and oxygen atoms in total. The number of benzene rings is 2. The van der Waals surface area contributed by atoms with Crippen LogP contribution in [0.1, 0.15) is 26.3 Å². The SMILES string of the molecule is CCOc1cc(NC(=O)Nc2ccc(Br)c(C)c2)cc(OCC)c1OCC. The number of hydrogen-bond acceptors (Lipinski definition) is 4. The molecule has 0 heterocycles. The Morgan fingerprint density at radius 2 is 1.44 bits per heavy atom. The zero-order valence-corrected chi connectivity index (χ0v) is 17.6. The predicted molar refractivity (Wildman–Crippen MR) is 111 cm³/mol. The molecule has 2 rings (SSSR count). The Labute approximate surface area is 168 Å². The third kappa shape index (κ3) is 5.79. The smallest absolute Gasteiger partial charge is 0.323 e. The molecule has 0 aromatic heterocycles. The third-order valence-electron chi connectivity index (χ3n) is 3.58. The van der Waals surface area contributed by atoms with E-state index in [9.17, 15) is 4.79 Å². The summed E-state index contributed by atoms with van der Waals surface area (Å²) in [7, 11) is 0. The van der Waals surface area contributed by atoms with Crippen molar-refractivity contribution in [2.45, 2.75) is 27.7 Å². The lowest BCUT2D eigenvalue weighted by Crippen LogP contribution is -2.19. The van der Waals surface area contributed by atoms with E-state index in [0.717, 1.165) is 10.0 Å². The molecule has 0 fully saturated rings. The molecule has 0 spiro atoms. The number of anilines is 2. The van der Waals surface area contributed by atoms with Crippen molar-refractivity contribution >= 4 is 33.3 Å². The molecule has 2 aromatic rings. The van der Waals surface area contributed by atoms with Crippen LogP contribution in [-0.4, -0.2) is 25.9 Å². The van der Waals surface area contributed by atoms with Gasteiger partial charge in [0.25, 0.3) is 0 Å². The maximum Gasteiger partial charge on any atom is 0.323 e. The van der Waals surface area contributed by atoms with Gasteiger partial charge in [-0.05, 0) is 51.5 Å². The van der Waals surface area contributed by atoms with Gasteiger partial charge in [0, 0.05) is 22.3 Å². The van der Waals surface area contributed by atoms with Crippen LogP contribution in [0.2, 0.25) is 0 Å². The third-order valence-corrected chi connectivity index (χ3v) is 4.47. The highest BCUT2D eigenvalue weighted by Gasteiger charge is 2.16. The summed E-state index contributed by atoms with van der Waals surface area (Å²) in [5.74, 6) is 1.59. The van der Waals surface area contributed by atoms with Crippen molar-refractivity contribution in [3.63, 3.8) is 0 Å². The van der Waals surface area contributed by atoms with Crippen LogP contribution in [0.15, 0.2) is 34.8 Å². The number of hydrogen-bond donors (Lipinski definition) is 2. The Hall–Kier alpha value is -2.41. The van der Waals surface area contributed by atoms with Gasteiger partial charge >= 0.3 is 6.03 Å². The Morgan fingerprint density at radius 3 is 1.96 bits per heavy atom. The number of ether oxygens (including phenoxy) is 3. The zero-order valence-electron chi connectivity index (χ0n) is 16.0. The Balaban J connectivity index is 2.22. The first-order valence-electron chi connectivity index (χ1n) is 8.89. The first-order valence-corrected chi connectivity index (χ1v) is 9.68. The van der Waals surface area contributed by atoms with Gasteiger partial charge in [0.05, 0.1) is 25.5 Å². The molecular formula is C20H25BrN2O4. The van der Waals surface area contributed by atoms with Crippen LogP contribution in [0.5, 0.6) is 17.2 Å². The summed E-state index contributed by atoms with van der Waals surface area (Å²) in [6.45, 7) is 9.06. The number of carbonyl (C=O) groups excluding carboxylic acids is 1. The van der Waals surface area contributed by atoms with E-state index >= 15 is 0 Å². The maximum absolute atomic E-state index is 12.4. The predicted octanol–water partition coefficient (Wildman–Crippen LogP) is 5.60. The molecule has 0 radical (unpaired) electrons. The van der Waals surface area contributed by atoms with E-state index in [4.69, 9.17) is 14.2 Å². The fourth-order valence-corrected chi connectivity index (χ4v) is 2.72. The second-order valence-electron chi connectivity index (χ2n) is 5.64. The van der Waals surface area contributed by atoms with Crippen LogP contribution in [0.3, 0.4) is 0 Å². The van der Waals surface area contributed by atoms with Gasteiger partial charge in [-0.15, -0.1) is 0 Å².